The zero-order chi connectivity index (χ0) is 13.1. The minimum Gasteiger partial charge on any atom is -0.393 e. The third kappa shape index (κ3) is 3.09. The Morgan fingerprint density at radius 2 is 2.33 bits per heavy atom. The fraction of sp³-hybridized carbons (Fsp3) is 0.538. The molecule has 4 nitrogen and oxygen atoms in total. The minimum absolute atomic E-state index is 0.0471. The second kappa shape index (κ2) is 5.80. The van der Waals surface area contributed by atoms with Crippen molar-refractivity contribution in [3.63, 3.8) is 0 Å². The Bertz CT molecular complexity index is 422. The normalized spacial score (nSPS) is 23.1. The molecule has 1 amide bonds. The molecule has 2 rings (SSSR count). The number of carbonyl (C=O) groups is 1. The van der Waals surface area contributed by atoms with Gasteiger partial charge in [-0.1, -0.05) is 6.42 Å². The van der Waals surface area contributed by atoms with Crippen LogP contribution in [-0.4, -0.2) is 40.6 Å². The molecule has 0 aliphatic heterocycles. The van der Waals surface area contributed by atoms with E-state index in [9.17, 15) is 9.90 Å². The summed E-state index contributed by atoms with van der Waals surface area (Å²) >= 11 is 3.24. The first-order valence-electron chi connectivity index (χ1n) is 6.13. The van der Waals surface area contributed by atoms with Crippen molar-refractivity contribution >= 4 is 21.8 Å². The monoisotopic (exact) mass is 312 g/mol. The molecule has 2 unspecified atom stereocenters. The average Bonchev–Trinajstić information content (AvgIpc) is 2.75. The number of carbonyl (C=O) groups excluding carboxylic acids is 1. The quantitative estimate of drug-likeness (QED) is 0.869. The standard InChI is InChI=1S/C13H17BrN2O2/c1-16(8-10-3-2-4-11(10)17)13(18)9-5-6-12(14)15-7-9/h5-7,10-11,17H,2-4,8H2,1H3. The zero-order valence-electron chi connectivity index (χ0n) is 10.3. The van der Waals surface area contributed by atoms with Crippen molar-refractivity contribution in [2.75, 3.05) is 13.6 Å². The number of halogens is 1. The van der Waals surface area contributed by atoms with Crippen LogP contribution >= 0.6 is 15.9 Å². The summed E-state index contributed by atoms with van der Waals surface area (Å²) < 4.78 is 0.716. The summed E-state index contributed by atoms with van der Waals surface area (Å²) in [6.45, 7) is 0.607. The Morgan fingerprint density at radius 1 is 1.56 bits per heavy atom. The Balaban J connectivity index is 1.98. The number of nitrogens with zero attached hydrogens (tertiary/aromatic N) is 2. The molecule has 1 aliphatic rings. The van der Waals surface area contributed by atoms with E-state index in [-0.39, 0.29) is 17.9 Å². The van der Waals surface area contributed by atoms with Gasteiger partial charge < -0.3 is 10.0 Å². The molecule has 0 aromatic carbocycles. The predicted octanol–water partition coefficient (Wildman–Crippen LogP) is 2.08. The first kappa shape index (κ1) is 13.5. The van der Waals surface area contributed by atoms with E-state index < -0.39 is 0 Å². The summed E-state index contributed by atoms with van der Waals surface area (Å²) in [4.78, 5) is 17.9. The maximum absolute atomic E-state index is 12.1. The molecule has 2 atom stereocenters. The van der Waals surface area contributed by atoms with Crippen molar-refractivity contribution in [1.82, 2.24) is 9.88 Å². The molecule has 1 aromatic rings. The van der Waals surface area contributed by atoms with E-state index in [0.717, 1.165) is 19.3 Å². The van der Waals surface area contributed by atoms with Gasteiger partial charge in [0.15, 0.2) is 0 Å². The lowest BCUT2D eigenvalue weighted by Gasteiger charge is -2.23. The van der Waals surface area contributed by atoms with Crippen LogP contribution in [-0.2, 0) is 0 Å². The highest BCUT2D eigenvalue weighted by Crippen LogP contribution is 2.26. The molecule has 1 aliphatic carbocycles. The molecule has 5 heteroatoms. The first-order valence-corrected chi connectivity index (χ1v) is 6.92. The molecule has 18 heavy (non-hydrogen) atoms. The van der Waals surface area contributed by atoms with Crippen LogP contribution in [0.15, 0.2) is 22.9 Å². The minimum atomic E-state index is -0.261. The van der Waals surface area contributed by atoms with Crippen LogP contribution in [0.1, 0.15) is 29.6 Å². The van der Waals surface area contributed by atoms with Crippen molar-refractivity contribution in [2.45, 2.75) is 25.4 Å². The number of rotatable bonds is 3. The topological polar surface area (TPSA) is 53.4 Å². The summed E-state index contributed by atoms with van der Waals surface area (Å²) in [6, 6.07) is 3.51. The van der Waals surface area contributed by atoms with Gasteiger partial charge in [0.2, 0.25) is 0 Å². The van der Waals surface area contributed by atoms with Crippen molar-refractivity contribution < 1.29 is 9.90 Å². The van der Waals surface area contributed by atoms with Gasteiger partial charge in [0.05, 0.1) is 11.7 Å². The zero-order valence-corrected chi connectivity index (χ0v) is 11.9. The molecule has 1 fully saturated rings. The van der Waals surface area contributed by atoms with Crippen LogP contribution in [0, 0.1) is 5.92 Å². The van der Waals surface area contributed by atoms with E-state index in [1.165, 1.54) is 0 Å². The Labute approximate surface area is 115 Å². The van der Waals surface area contributed by atoms with Gasteiger partial charge in [-0.25, -0.2) is 4.98 Å². The molecular formula is C13H17BrN2O2. The smallest absolute Gasteiger partial charge is 0.255 e. The highest BCUT2D eigenvalue weighted by atomic mass is 79.9. The molecular weight excluding hydrogens is 296 g/mol. The SMILES string of the molecule is CN(CC1CCCC1O)C(=O)c1ccc(Br)nc1. The summed E-state index contributed by atoms with van der Waals surface area (Å²) in [7, 11) is 1.77. The molecule has 0 radical (unpaired) electrons. The number of hydrogen-bond donors (Lipinski definition) is 1. The van der Waals surface area contributed by atoms with E-state index in [1.807, 2.05) is 0 Å². The molecule has 0 spiro atoms. The molecule has 1 aromatic heterocycles. The maximum Gasteiger partial charge on any atom is 0.255 e. The predicted molar refractivity (Wildman–Crippen MR) is 72.2 cm³/mol. The summed E-state index contributed by atoms with van der Waals surface area (Å²) in [5.74, 6) is 0.163. The van der Waals surface area contributed by atoms with Gasteiger partial charge in [0, 0.05) is 25.7 Å². The largest absolute Gasteiger partial charge is 0.393 e. The van der Waals surface area contributed by atoms with Crippen molar-refractivity contribution in [3.05, 3.63) is 28.5 Å². The molecule has 0 bridgehead atoms. The van der Waals surface area contributed by atoms with Gasteiger partial charge in [-0.05, 0) is 40.9 Å². The molecule has 1 N–H and O–H groups in total. The van der Waals surface area contributed by atoms with E-state index >= 15 is 0 Å². The van der Waals surface area contributed by atoms with E-state index in [4.69, 9.17) is 0 Å². The van der Waals surface area contributed by atoms with Gasteiger partial charge in [-0.3, -0.25) is 4.79 Å². The number of aliphatic hydroxyl groups excluding tert-OH is 1. The lowest BCUT2D eigenvalue weighted by atomic mass is 10.1. The van der Waals surface area contributed by atoms with Crippen molar-refractivity contribution in [2.24, 2.45) is 5.92 Å². The highest BCUT2D eigenvalue weighted by Gasteiger charge is 2.27. The second-order valence-corrected chi connectivity index (χ2v) is 5.63. The Hall–Kier alpha value is -0.940. The maximum atomic E-state index is 12.1. The van der Waals surface area contributed by atoms with Crippen LogP contribution in [0.25, 0.3) is 0 Å². The molecule has 1 saturated carbocycles. The third-order valence-corrected chi connectivity index (χ3v) is 3.92. The van der Waals surface area contributed by atoms with Crippen LogP contribution in [0.3, 0.4) is 0 Å². The van der Waals surface area contributed by atoms with E-state index in [2.05, 4.69) is 20.9 Å². The lowest BCUT2D eigenvalue weighted by molar-refractivity contribution is 0.0693. The van der Waals surface area contributed by atoms with Crippen LogP contribution < -0.4 is 0 Å². The number of aliphatic hydroxyl groups is 1. The third-order valence-electron chi connectivity index (χ3n) is 3.45. The first-order chi connectivity index (χ1) is 8.58. The highest BCUT2D eigenvalue weighted by molar-refractivity contribution is 9.10. The van der Waals surface area contributed by atoms with Gasteiger partial charge in [0.1, 0.15) is 4.60 Å². The second-order valence-electron chi connectivity index (χ2n) is 4.81. The number of aromatic nitrogens is 1. The van der Waals surface area contributed by atoms with Gasteiger partial charge in [-0.2, -0.15) is 0 Å². The fourth-order valence-corrected chi connectivity index (χ4v) is 2.62. The number of amides is 1. The van der Waals surface area contributed by atoms with Crippen LogP contribution in [0.2, 0.25) is 0 Å². The van der Waals surface area contributed by atoms with Crippen molar-refractivity contribution in [1.29, 1.82) is 0 Å². The fourth-order valence-electron chi connectivity index (χ4n) is 2.39. The lowest BCUT2D eigenvalue weighted by Crippen LogP contribution is -2.34. The number of pyridine rings is 1. The van der Waals surface area contributed by atoms with E-state index in [1.54, 1.807) is 30.3 Å². The Kier molecular flexibility index (Phi) is 4.35. The number of hydrogen-bond acceptors (Lipinski definition) is 3. The van der Waals surface area contributed by atoms with E-state index in [0.29, 0.717) is 16.7 Å². The van der Waals surface area contributed by atoms with Gasteiger partial charge in [0.25, 0.3) is 5.91 Å². The summed E-state index contributed by atoms with van der Waals surface area (Å²) in [6.07, 6.45) is 4.20. The average molecular weight is 313 g/mol. The summed E-state index contributed by atoms with van der Waals surface area (Å²) in [5.41, 5.74) is 0.577. The van der Waals surface area contributed by atoms with Crippen molar-refractivity contribution in [3.8, 4) is 0 Å². The van der Waals surface area contributed by atoms with Gasteiger partial charge in [-0.15, -0.1) is 0 Å². The van der Waals surface area contributed by atoms with Crippen LogP contribution in [0.4, 0.5) is 0 Å². The molecule has 98 valence electrons. The Morgan fingerprint density at radius 3 is 2.89 bits per heavy atom. The van der Waals surface area contributed by atoms with Crippen LogP contribution in [0.5, 0.6) is 0 Å². The molecule has 0 saturated heterocycles. The molecule has 1 heterocycles. The summed E-state index contributed by atoms with van der Waals surface area (Å²) in [5, 5.41) is 9.77. The van der Waals surface area contributed by atoms with Gasteiger partial charge >= 0.3 is 0 Å².